The van der Waals surface area contributed by atoms with Gasteiger partial charge < -0.3 is 10.4 Å². The standard InChI is InChI=1S/C11H12FNO3/c1-7(14)8-4-9(12)6-10(5-8)13-3-2-11(15)16/h4-6,13H,2-3H2,1H3,(H,15,16). The number of carboxylic acids is 1. The van der Waals surface area contributed by atoms with Crippen LogP contribution in [0.15, 0.2) is 18.2 Å². The molecule has 1 aromatic rings. The number of hydrogen-bond acceptors (Lipinski definition) is 3. The Hall–Kier alpha value is -1.91. The Kier molecular flexibility index (Phi) is 3.99. The zero-order chi connectivity index (χ0) is 12.1. The van der Waals surface area contributed by atoms with E-state index in [1.165, 1.54) is 19.1 Å². The highest BCUT2D eigenvalue weighted by molar-refractivity contribution is 5.95. The first kappa shape index (κ1) is 12.2. The highest BCUT2D eigenvalue weighted by atomic mass is 19.1. The van der Waals surface area contributed by atoms with Crippen molar-refractivity contribution in [1.29, 1.82) is 0 Å². The van der Waals surface area contributed by atoms with Crippen LogP contribution in [-0.2, 0) is 4.79 Å². The van der Waals surface area contributed by atoms with E-state index in [1.807, 2.05) is 0 Å². The molecule has 0 bridgehead atoms. The number of rotatable bonds is 5. The van der Waals surface area contributed by atoms with Crippen LogP contribution >= 0.6 is 0 Å². The molecule has 5 heteroatoms. The predicted molar refractivity (Wildman–Crippen MR) is 57.1 cm³/mol. The van der Waals surface area contributed by atoms with Crippen LogP contribution in [-0.4, -0.2) is 23.4 Å². The lowest BCUT2D eigenvalue weighted by molar-refractivity contribution is -0.136. The van der Waals surface area contributed by atoms with Crippen LogP contribution in [0.25, 0.3) is 0 Å². The van der Waals surface area contributed by atoms with E-state index in [4.69, 9.17) is 5.11 Å². The van der Waals surface area contributed by atoms with E-state index in [0.29, 0.717) is 5.69 Å². The average molecular weight is 225 g/mol. The zero-order valence-electron chi connectivity index (χ0n) is 8.79. The van der Waals surface area contributed by atoms with Gasteiger partial charge in [-0.05, 0) is 25.1 Å². The minimum Gasteiger partial charge on any atom is -0.481 e. The molecule has 0 aromatic heterocycles. The Labute approximate surface area is 92.1 Å². The number of carboxylic acid groups (broad SMARTS) is 1. The summed E-state index contributed by atoms with van der Waals surface area (Å²) >= 11 is 0. The molecule has 0 aliphatic rings. The molecule has 0 fully saturated rings. The van der Waals surface area contributed by atoms with Crippen LogP contribution in [0.5, 0.6) is 0 Å². The van der Waals surface area contributed by atoms with Gasteiger partial charge in [-0.15, -0.1) is 0 Å². The Bertz CT molecular complexity index is 418. The van der Waals surface area contributed by atoms with Crippen molar-refractivity contribution >= 4 is 17.4 Å². The molecular formula is C11H12FNO3. The quantitative estimate of drug-likeness (QED) is 0.751. The molecule has 0 unspecified atom stereocenters. The molecule has 0 radical (unpaired) electrons. The lowest BCUT2D eigenvalue weighted by Crippen LogP contribution is -2.08. The van der Waals surface area contributed by atoms with Crippen molar-refractivity contribution in [3.63, 3.8) is 0 Å². The Balaban J connectivity index is 2.72. The molecule has 0 amide bonds. The largest absolute Gasteiger partial charge is 0.481 e. The fourth-order valence-corrected chi connectivity index (χ4v) is 1.21. The van der Waals surface area contributed by atoms with Crippen molar-refractivity contribution in [2.45, 2.75) is 13.3 Å². The van der Waals surface area contributed by atoms with Gasteiger partial charge in [0.15, 0.2) is 5.78 Å². The van der Waals surface area contributed by atoms with Crippen molar-refractivity contribution in [3.05, 3.63) is 29.6 Å². The first-order valence-corrected chi connectivity index (χ1v) is 4.76. The number of carbonyl (C=O) groups is 2. The molecule has 4 nitrogen and oxygen atoms in total. The van der Waals surface area contributed by atoms with Crippen LogP contribution in [0, 0.1) is 5.82 Å². The lowest BCUT2D eigenvalue weighted by Gasteiger charge is -2.06. The van der Waals surface area contributed by atoms with Gasteiger partial charge in [0.25, 0.3) is 0 Å². The van der Waals surface area contributed by atoms with Gasteiger partial charge >= 0.3 is 5.97 Å². The second kappa shape index (κ2) is 5.25. The second-order valence-corrected chi connectivity index (χ2v) is 3.36. The first-order valence-electron chi connectivity index (χ1n) is 4.76. The Morgan fingerprint density at radius 1 is 1.38 bits per heavy atom. The SMILES string of the molecule is CC(=O)c1cc(F)cc(NCCC(=O)O)c1. The number of aliphatic carboxylic acids is 1. The highest BCUT2D eigenvalue weighted by Crippen LogP contribution is 2.14. The molecule has 0 atom stereocenters. The van der Waals surface area contributed by atoms with Crippen LogP contribution in [0.3, 0.4) is 0 Å². The zero-order valence-corrected chi connectivity index (χ0v) is 8.79. The molecule has 86 valence electrons. The van der Waals surface area contributed by atoms with Crippen molar-refractivity contribution in [2.75, 3.05) is 11.9 Å². The van der Waals surface area contributed by atoms with Crippen molar-refractivity contribution < 1.29 is 19.1 Å². The van der Waals surface area contributed by atoms with Gasteiger partial charge in [0.1, 0.15) is 5.82 Å². The summed E-state index contributed by atoms with van der Waals surface area (Å²) in [7, 11) is 0. The number of anilines is 1. The van der Waals surface area contributed by atoms with Gasteiger partial charge in [0.2, 0.25) is 0 Å². The summed E-state index contributed by atoms with van der Waals surface area (Å²) in [6.45, 7) is 1.53. The van der Waals surface area contributed by atoms with Gasteiger partial charge in [-0.25, -0.2) is 4.39 Å². The third kappa shape index (κ3) is 3.68. The van der Waals surface area contributed by atoms with Crippen LogP contribution in [0.1, 0.15) is 23.7 Å². The smallest absolute Gasteiger partial charge is 0.305 e. The maximum atomic E-state index is 13.1. The monoisotopic (exact) mass is 225 g/mol. The number of halogens is 1. The van der Waals surface area contributed by atoms with Gasteiger partial charge in [0, 0.05) is 17.8 Å². The Morgan fingerprint density at radius 3 is 2.62 bits per heavy atom. The third-order valence-electron chi connectivity index (χ3n) is 1.97. The number of Topliss-reactive ketones (excluding diaryl/α,β-unsaturated/α-hetero) is 1. The van der Waals surface area contributed by atoms with E-state index in [9.17, 15) is 14.0 Å². The summed E-state index contributed by atoms with van der Waals surface area (Å²) in [4.78, 5) is 21.3. The summed E-state index contributed by atoms with van der Waals surface area (Å²) in [5, 5.41) is 11.2. The van der Waals surface area contributed by atoms with Gasteiger partial charge in [0.05, 0.1) is 6.42 Å². The number of benzene rings is 1. The molecule has 0 saturated carbocycles. The first-order chi connectivity index (χ1) is 7.49. The molecule has 0 saturated heterocycles. The summed E-state index contributed by atoms with van der Waals surface area (Å²) < 4.78 is 13.1. The van der Waals surface area contributed by atoms with E-state index in [2.05, 4.69) is 5.32 Å². The Morgan fingerprint density at radius 2 is 2.06 bits per heavy atom. The van der Waals surface area contributed by atoms with E-state index in [0.717, 1.165) is 6.07 Å². The topological polar surface area (TPSA) is 66.4 Å². The third-order valence-corrected chi connectivity index (χ3v) is 1.97. The maximum absolute atomic E-state index is 13.1. The molecule has 1 rings (SSSR count). The molecule has 0 spiro atoms. The molecule has 2 N–H and O–H groups in total. The van der Waals surface area contributed by atoms with Crippen molar-refractivity contribution in [2.24, 2.45) is 0 Å². The fraction of sp³-hybridized carbons (Fsp3) is 0.273. The number of nitrogens with one attached hydrogen (secondary N) is 1. The van der Waals surface area contributed by atoms with Gasteiger partial charge in [-0.3, -0.25) is 9.59 Å². The number of hydrogen-bond donors (Lipinski definition) is 2. The lowest BCUT2D eigenvalue weighted by atomic mass is 10.1. The predicted octanol–water partition coefficient (Wildman–Crippen LogP) is 1.91. The maximum Gasteiger partial charge on any atom is 0.305 e. The summed E-state index contributed by atoms with van der Waals surface area (Å²) in [5.74, 6) is -1.69. The highest BCUT2D eigenvalue weighted by Gasteiger charge is 2.04. The summed E-state index contributed by atoms with van der Waals surface area (Å²) in [5.41, 5.74) is 0.671. The van der Waals surface area contributed by atoms with Crippen LogP contribution in [0.2, 0.25) is 0 Å². The van der Waals surface area contributed by atoms with Gasteiger partial charge in [-0.1, -0.05) is 0 Å². The summed E-state index contributed by atoms with van der Waals surface area (Å²) in [6.07, 6.45) is -0.0636. The fourth-order valence-electron chi connectivity index (χ4n) is 1.21. The molecule has 0 aliphatic carbocycles. The van der Waals surface area contributed by atoms with E-state index >= 15 is 0 Å². The minimum atomic E-state index is -0.935. The molecular weight excluding hydrogens is 213 g/mol. The van der Waals surface area contributed by atoms with Gasteiger partial charge in [-0.2, -0.15) is 0 Å². The minimum absolute atomic E-state index is 0.0636. The van der Waals surface area contributed by atoms with Crippen molar-refractivity contribution in [3.8, 4) is 0 Å². The normalized spacial score (nSPS) is 9.88. The van der Waals surface area contributed by atoms with E-state index in [1.54, 1.807) is 0 Å². The molecule has 0 aliphatic heterocycles. The van der Waals surface area contributed by atoms with Crippen LogP contribution in [0.4, 0.5) is 10.1 Å². The van der Waals surface area contributed by atoms with Crippen molar-refractivity contribution in [1.82, 2.24) is 0 Å². The van der Waals surface area contributed by atoms with E-state index < -0.39 is 11.8 Å². The second-order valence-electron chi connectivity index (χ2n) is 3.36. The van der Waals surface area contributed by atoms with E-state index in [-0.39, 0.29) is 24.3 Å². The molecule has 1 aromatic carbocycles. The molecule has 0 heterocycles. The van der Waals surface area contributed by atoms with Crippen LogP contribution < -0.4 is 5.32 Å². The summed E-state index contributed by atoms with van der Waals surface area (Å²) in [6, 6.07) is 3.85. The number of carbonyl (C=O) groups excluding carboxylic acids is 1. The average Bonchev–Trinajstić information content (AvgIpc) is 2.16. The number of ketones is 1. The molecule has 16 heavy (non-hydrogen) atoms.